The third-order valence-electron chi connectivity index (χ3n) is 2.38. The van der Waals surface area contributed by atoms with Gasteiger partial charge in [0.2, 0.25) is 11.8 Å². The number of hydrogen-bond acceptors (Lipinski definition) is 6. The van der Waals surface area contributed by atoms with Crippen molar-refractivity contribution in [2.75, 3.05) is 0 Å². The van der Waals surface area contributed by atoms with Gasteiger partial charge in [0.05, 0.1) is 0 Å². The average Bonchev–Trinajstić information content (AvgIpc) is 2.25. The molecule has 0 spiro atoms. The SMILES string of the molecule is CC1=CC(=O)/C(=C/N2C(=O)CC(=O)NC2=S)C(=O)O1. The lowest BCUT2D eigenvalue weighted by molar-refractivity contribution is -0.137. The number of carbonyl (C=O) groups excluding carboxylic acids is 4. The fourth-order valence-corrected chi connectivity index (χ4v) is 1.80. The summed E-state index contributed by atoms with van der Waals surface area (Å²) >= 11 is 4.80. The van der Waals surface area contributed by atoms with Crippen LogP contribution in [0.2, 0.25) is 0 Å². The number of ether oxygens (including phenoxy) is 1. The van der Waals surface area contributed by atoms with Gasteiger partial charge in [-0.1, -0.05) is 0 Å². The van der Waals surface area contributed by atoms with Crippen molar-refractivity contribution < 1.29 is 23.9 Å². The molecule has 0 unspecified atom stereocenters. The van der Waals surface area contributed by atoms with Crippen molar-refractivity contribution in [3.63, 3.8) is 0 Å². The molecule has 19 heavy (non-hydrogen) atoms. The number of carbonyl (C=O) groups is 4. The molecule has 2 rings (SSSR count). The molecule has 0 bridgehead atoms. The van der Waals surface area contributed by atoms with Crippen LogP contribution in [0.15, 0.2) is 23.6 Å². The third-order valence-corrected chi connectivity index (χ3v) is 2.68. The van der Waals surface area contributed by atoms with Crippen LogP contribution in [-0.2, 0) is 23.9 Å². The number of allylic oxidation sites excluding steroid dienone is 2. The van der Waals surface area contributed by atoms with E-state index < -0.39 is 30.0 Å². The van der Waals surface area contributed by atoms with Crippen LogP contribution in [0, 0.1) is 0 Å². The van der Waals surface area contributed by atoms with E-state index in [1.54, 1.807) is 0 Å². The predicted molar refractivity (Wildman–Crippen MR) is 65.1 cm³/mol. The summed E-state index contributed by atoms with van der Waals surface area (Å²) in [5, 5.41) is 2.08. The molecule has 1 fully saturated rings. The lowest BCUT2D eigenvalue weighted by Crippen LogP contribution is -2.50. The van der Waals surface area contributed by atoms with Crippen LogP contribution in [0.4, 0.5) is 0 Å². The van der Waals surface area contributed by atoms with Gasteiger partial charge >= 0.3 is 5.97 Å². The maximum absolute atomic E-state index is 11.7. The quantitative estimate of drug-likeness (QED) is 0.229. The fraction of sp³-hybridized carbons (Fsp3) is 0.182. The molecule has 1 N–H and O–H groups in total. The summed E-state index contributed by atoms with van der Waals surface area (Å²) in [5.74, 6) is -2.42. The van der Waals surface area contributed by atoms with Crippen molar-refractivity contribution in [3.8, 4) is 0 Å². The molecule has 2 aliphatic heterocycles. The van der Waals surface area contributed by atoms with Gasteiger partial charge in [-0.3, -0.25) is 19.3 Å². The lowest BCUT2D eigenvalue weighted by Gasteiger charge is -2.25. The number of cyclic esters (lactones) is 1. The summed E-state index contributed by atoms with van der Waals surface area (Å²) in [6.07, 6.45) is 1.71. The molecule has 0 atom stereocenters. The summed E-state index contributed by atoms with van der Waals surface area (Å²) in [6, 6.07) is 0. The van der Waals surface area contributed by atoms with Gasteiger partial charge in [0.15, 0.2) is 10.9 Å². The van der Waals surface area contributed by atoms with E-state index >= 15 is 0 Å². The standard InChI is InChI=1S/C11H8N2O5S/c1-5-2-7(14)6(10(17)18-5)4-13-9(16)3-8(15)12-11(13)19/h2,4H,3H2,1H3,(H,12,15,19)/b6-4-. The Morgan fingerprint density at radius 2 is 2.05 bits per heavy atom. The molecule has 0 aromatic heterocycles. The van der Waals surface area contributed by atoms with E-state index in [0.29, 0.717) is 0 Å². The molecule has 0 saturated carbocycles. The second kappa shape index (κ2) is 4.73. The zero-order chi connectivity index (χ0) is 14.2. The number of ketones is 1. The van der Waals surface area contributed by atoms with Crippen LogP contribution in [0.25, 0.3) is 0 Å². The minimum absolute atomic E-state index is 0.174. The van der Waals surface area contributed by atoms with E-state index in [9.17, 15) is 19.2 Å². The van der Waals surface area contributed by atoms with Gasteiger partial charge in [-0.2, -0.15) is 0 Å². The van der Waals surface area contributed by atoms with Crippen molar-refractivity contribution >= 4 is 40.9 Å². The van der Waals surface area contributed by atoms with E-state index in [2.05, 4.69) is 5.32 Å². The van der Waals surface area contributed by atoms with Gasteiger partial charge < -0.3 is 10.1 Å². The zero-order valence-corrected chi connectivity index (χ0v) is 10.6. The van der Waals surface area contributed by atoms with Crippen LogP contribution < -0.4 is 5.32 Å². The average molecular weight is 280 g/mol. The van der Waals surface area contributed by atoms with Crippen molar-refractivity contribution in [2.45, 2.75) is 13.3 Å². The maximum Gasteiger partial charge on any atom is 0.348 e. The Hall–Kier alpha value is -2.35. The molecule has 7 nitrogen and oxygen atoms in total. The van der Waals surface area contributed by atoms with Crippen molar-refractivity contribution in [1.82, 2.24) is 10.2 Å². The minimum atomic E-state index is -0.863. The molecule has 2 aliphatic rings. The van der Waals surface area contributed by atoms with E-state index in [-0.39, 0.29) is 16.4 Å². The number of rotatable bonds is 1. The summed E-state index contributed by atoms with van der Waals surface area (Å²) in [4.78, 5) is 46.8. The number of esters is 1. The third kappa shape index (κ3) is 2.58. The Labute approximate surface area is 112 Å². The van der Waals surface area contributed by atoms with E-state index in [0.717, 1.165) is 17.2 Å². The second-order valence-electron chi connectivity index (χ2n) is 3.85. The zero-order valence-electron chi connectivity index (χ0n) is 9.76. The lowest BCUT2D eigenvalue weighted by atomic mass is 10.1. The molecular weight excluding hydrogens is 272 g/mol. The fourth-order valence-electron chi connectivity index (χ4n) is 1.53. The number of thiocarbonyl (C=S) groups is 1. The predicted octanol–water partition coefficient (Wildman–Crippen LogP) is -0.467. The normalized spacial score (nSPS) is 22.4. The first-order chi connectivity index (χ1) is 8.88. The Bertz CT molecular complexity index is 570. The molecular formula is C11H8N2O5S. The molecule has 8 heteroatoms. The van der Waals surface area contributed by atoms with Crippen LogP contribution in [0.5, 0.6) is 0 Å². The first-order valence-corrected chi connectivity index (χ1v) is 5.62. The largest absolute Gasteiger partial charge is 0.427 e. The first-order valence-electron chi connectivity index (χ1n) is 5.21. The van der Waals surface area contributed by atoms with Gasteiger partial charge in [0.25, 0.3) is 0 Å². The van der Waals surface area contributed by atoms with Gasteiger partial charge in [-0.15, -0.1) is 0 Å². The second-order valence-corrected chi connectivity index (χ2v) is 4.23. The van der Waals surface area contributed by atoms with Gasteiger partial charge in [0, 0.05) is 12.3 Å². The number of nitrogens with one attached hydrogen (secondary N) is 1. The summed E-state index contributed by atoms with van der Waals surface area (Å²) < 4.78 is 4.77. The monoisotopic (exact) mass is 280 g/mol. The van der Waals surface area contributed by atoms with Crippen molar-refractivity contribution in [1.29, 1.82) is 0 Å². The van der Waals surface area contributed by atoms with Gasteiger partial charge in [-0.05, 0) is 19.1 Å². The molecule has 2 amide bonds. The van der Waals surface area contributed by atoms with Crippen molar-refractivity contribution in [3.05, 3.63) is 23.6 Å². The molecule has 0 aliphatic carbocycles. The molecule has 0 radical (unpaired) electrons. The summed E-state index contributed by atoms with van der Waals surface area (Å²) in [7, 11) is 0. The van der Waals surface area contributed by atoms with Gasteiger partial charge in [-0.25, -0.2) is 4.79 Å². The number of amides is 2. The Kier molecular flexibility index (Phi) is 3.26. The Balaban J connectivity index is 2.33. The topological polar surface area (TPSA) is 92.8 Å². The Morgan fingerprint density at radius 1 is 1.37 bits per heavy atom. The highest BCUT2D eigenvalue weighted by molar-refractivity contribution is 7.80. The smallest absolute Gasteiger partial charge is 0.348 e. The number of nitrogens with zero attached hydrogens (tertiary/aromatic N) is 1. The first kappa shape index (κ1) is 13.1. The van der Waals surface area contributed by atoms with E-state index in [4.69, 9.17) is 17.0 Å². The highest BCUT2D eigenvalue weighted by Gasteiger charge is 2.31. The maximum atomic E-state index is 11.7. The van der Waals surface area contributed by atoms with Crippen LogP contribution >= 0.6 is 12.2 Å². The molecule has 1 saturated heterocycles. The van der Waals surface area contributed by atoms with Crippen LogP contribution in [0.1, 0.15) is 13.3 Å². The summed E-state index contributed by atoms with van der Waals surface area (Å²) in [5.41, 5.74) is -0.322. The van der Waals surface area contributed by atoms with E-state index in [1.807, 2.05) is 0 Å². The highest BCUT2D eigenvalue weighted by atomic mass is 32.1. The van der Waals surface area contributed by atoms with Crippen LogP contribution in [0.3, 0.4) is 0 Å². The molecule has 2 heterocycles. The molecule has 0 aromatic carbocycles. The van der Waals surface area contributed by atoms with E-state index in [1.165, 1.54) is 6.92 Å². The summed E-state index contributed by atoms with van der Waals surface area (Å²) in [6.45, 7) is 1.46. The molecule has 98 valence electrons. The van der Waals surface area contributed by atoms with Crippen LogP contribution in [-0.4, -0.2) is 33.6 Å². The number of hydrogen-bond donors (Lipinski definition) is 1. The highest BCUT2D eigenvalue weighted by Crippen LogP contribution is 2.16. The Morgan fingerprint density at radius 3 is 2.63 bits per heavy atom. The van der Waals surface area contributed by atoms with Crippen molar-refractivity contribution in [2.24, 2.45) is 0 Å². The molecule has 0 aromatic rings. The van der Waals surface area contributed by atoms with Gasteiger partial charge in [0.1, 0.15) is 17.8 Å². The minimum Gasteiger partial charge on any atom is -0.427 e.